The highest BCUT2D eigenvalue weighted by Crippen LogP contribution is 2.31. The third kappa shape index (κ3) is 3.96. The maximum Gasteiger partial charge on any atom is 0.406 e. The number of halogens is 5. The topological polar surface area (TPSA) is 20.2 Å². The first-order chi connectivity index (χ1) is 11.2. The molecule has 3 nitrogen and oxygen atoms in total. The molecule has 0 amide bonds. The third-order valence-electron chi connectivity index (χ3n) is 4.29. The number of alkyl halides is 4. The smallest absolute Gasteiger partial charge is 0.379 e. The van der Waals surface area contributed by atoms with Gasteiger partial charge in [0.25, 0.3) is 0 Å². The molecule has 0 bridgehead atoms. The molecule has 132 valence electrons. The summed E-state index contributed by atoms with van der Waals surface area (Å²) in [5.41, 5.74) is 1.19. The van der Waals surface area contributed by atoms with Gasteiger partial charge in [-0.25, -0.2) is 4.39 Å². The number of anilines is 1. The van der Waals surface area contributed by atoms with Gasteiger partial charge < -0.3 is 14.8 Å². The number of likely N-dealkylation sites (tertiary alicyclic amines) is 1. The highest BCUT2D eigenvalue weighted by molar-refractivity contribution is 14.1. The van der Waals surface area contributed by atoms with E-state index < -0.39 is 18.9 Å². The zero-order valence-electron chi connectivity index (χ0n) is 13.1. The van der Waals surface area contributed by atoms with E-state index in [1.54, 1.807) is 12.1 Å². The van der Waals surface area contributed by atoms with E-state index in [0.29, 0.717) is 29.6 Å². The molecule has 1 saturated heterocycles. The van der Waals surface area contributed by atoms with Gasteiger partial charge in [0.2, 0.25) is 0 Å². The Morgan fingerprint density at radius 3 is 2.75 bits per heavy atom. The molecule has 2 heterocycles. The lowest BCUT2D eigenvalue weighted by molar-refractivity contribution is -0.139. The monoisotopic (exact) mass is 455 g/mol. The van der Waals surface area contributed by atoms with Crippen LogP contribution in [0.2, 0.25) is 0 Å². The Morgan fingerprint density at radius 2 is 2.08 bits per heavy atom. The van der Waals surface area contributed by atoms with Crippen molar-refractivity contribution in [1.29, 1.82) is 0 Å². The van der Waals surface area contributed by atoms with Gasteiger partial charge in [-0.1, -0.05) is 0 Å². The van der Waals surface area contributed by atoms with E-state index in [1.165, 1.54) is 10.8 Å². The Balaban J connectivity index is 1.91. The van der Waals surface area contributed by atoms with E-state index in [1.807, 2.05) is 18.0 Å². The van der Waals surface area contributed by atoms with Crippen LogP contribution in [0.5, 0.6) is 0 Å². The average molecular weight is 455 g/mol. The van der Waals surface area contributed by atoms with Crippen molar-refractivity contribution in [2.75, 3.05) is 25.5 Å². The van der Waals surface area contributed by atoms with Crippen LogP contribution in [-0.2, 0) is 6.54 Å². The van der Waals surface area contributed by atoms with Gasteiger partial charge in [-0.3, -0.25) is 0 Å². The van der Waals surface area contributed by atoms with Gasteiger partial charge in [0.1, 0.15) is 12.7 Å². The molecule has 1 aliphatic rings. The molecule has 1 fully saturated rings. The number of hydrogen-bond donors (Lipinski definition) is 1. The Kier molecular flexibility index (Phi) is 4.96. The number of benzene rings is 1. The van der Waals surface area contributed by atoms with Crippen molar-refractivity contribution in [3.05, 3.63) is 28.0 Å². The fraction of sp³-hybridized carbons (Fsp3) is 0.500. The van der Waals surface area contributed by atoms with Crippen LogP contribution in [0.1, 0.15) is 6.42 Å². The van der Waals surface area contributed by atoms with Crippen LogP contribution in [0, 0.1) is 3.57 Å². The van der Waals surface area contributed by atoms with Crippen molar-refractivity contribution in [3.8, 4) is 0 Å². The lowest BCUT2D eigenvalue weighted by atomic mass is 10.0. The fourth-order valence-electron chi connectivity index (χ4n) is 3.13. The zero-order chi connectivity index (χ0) is 17.5. The second-order valence-electron chi connectivity index (χ2n) is 6.26. The molecule has 24 heavy (non-hydrogen) atoms. The summed E-state index contributed by atoms with van der Waals surface area (Å²) < 4.78 is 54.4. The number of hydrogen-bond acceptors (Lipinski definition) is 2. The lowest BCUT2D eigenvalue weighted by Crippen LogP contribution is -2.46. The first-order valence-electron chi connectivity index (χ1n) is 7.67. The molecule has 0 radical (unpaired) electrons. The van der Waals surface area contributed by atoms with Crippen LogP contribution in [0.25, 0.3) is 10.9 Å². The summed E-state index contributed by atoms with van der Waals surface area (Å²) >= 11 is 2.07. The van der Waals surface area contributed by atoms with Gasteiger partial charge in [-0.15, -0.1) is 0 Å². The minimum absolute atomic E-state index is 0.325. The second kappa shape index (κ2) is 6.70. The first-order valence-corrected chi connectivity index (χ1v) is 8.75. The highest BCUT2D eigenvalue weighted by Gasteiger charge is 2.30. The van der Waals surface area contributed by atoms with Crippen molar-refractivity contribution >= 4 is 39.2 Å². The van der Waals surface area contributed by atoms with Crippen LogP contribution < -0.4 is 5.32 Å². The number of fused-ring (bicyclic) bond motifs is 1. The van der Waals surface area contributed by atoms with E-state index in [-0.39, 0.29) is 6.04 Å². The maximum absolute atomic E-state index is 14.3. The van der Waals surface area contributed by atoms with Gasteiger partial charge in [-0.05, 0) is 54.3 Å². The molecule has 1 aliphatic heterocycles. The Bertz CT molecular complexity index is 728. The van der Waals surface area contributed by atoms with Gasteiger partial charge in [0.05, 0.1) is 11.6 Å². The van der Waals surface area contributed by atoms with Crippen molar-refractivity contribution in [2.45, 2.75) is 31.4 Å². The van der Waals surface area contributed by atoms with E-state index in [4.69, 9.17) is 0 Å². The summed E-state index contributed by atoms with van der Waals surface area (Å²) in [6.45, 7) is 0.121. The largest absolute Gasteiger partial charge is 0.406 e. The highest BCUT2D eigenvalue weighted by atomic mass is 127. The standard InChI is InChI=1S/C16H18F4IN3/c1-23-4-3-13(12(17)8-23)22-14-6-10(21)7-15-11(14)2-5-24(15)9-16(18,19)20/h2,5-7,12-13,22H,3-4,8-9H2,1H3. The number of rotatable bonds is 3. The van der Waals surface area contributed by atoms with Gasteiger partial charge >= 0.3 is 6.18 Å². The van der Waals surface area contributed by atoms with Crippen molar-refractivity contribution in [1.82, 2.24) is 9.47 Å². The third-order valence-corrected chi connectivity index (χ3v) is 4.91. The van der Waals surface area contributed by atoms with Gasteiger partial charge in [0.15, 0.2) is 0 Å². The molecular weight excluding hydrogens is 437 g/mol. The van der Waals surface area contributed by atoms with E-state index in [9.17, 15) is 17.6 Å². The molecule has 2 unspecified atom stereocenters. The zero-order valence-corrected chi connectivity index (χ0v) is 15.2. The SMILES string of the molecule is CN1CCC(Nc2cc(I)cc3c2ccn3CC(F)(F)F)C(F)C1. The molecule has 0 aliphatic carbocycles. The van der Waals surface area contributed by atoms with Crippen LogP contribution in [0.4, 0.5) is 23.2 Å². The molecule has 1 aromatic heterocycles. The second-order valence-corrected chi connectivity index (χ2v) is 7.51. The molecule has 8 heteroatoms. The normalized spacial score (nSPS) is 22.9. The molecule has 0 saturated carbocycles. The van der Waals surface area contributed by atoms with E-state index in [0.717, 1.165) is 10.1 Å². The quantitative estimate of drug-likeness (QED) is 0.552. The number of aromatic nitrogens is 1. The van der Waals surface area contributed by atoms with Crippen molar-refractivity contribution < 1.29 is 17.6 Å². The fourth-order valence-corrected chi connectivity index (χ4v) is 3.74. The number of nitrogens with zero attached hydrogens (tertiary/aromatic N) is 2. The molecule has 1 N–H and O–H groups in total. The van der Waals surface area contributed by atoms with Crippen molar-refractivity contribution in [2.24, 2.45) is 0 Å². The van der Waals surface area contributed by atoms with E-state index in [2.05, 4.69) is 27.9 Å². The Labute approximate surface area is 151 Å². The summed E-state index contributed by atoms with van der Waals surface area (Å²) in [5.74, 6) is 0. The molecule has 1 aromatic carbocycles. The van der Waals surface area contributed by atoms with Gasteiger partial charge in [0, 0.05) is 33.9 Å². The van der Waals surface area contributed by atoms with Gasteiger partial charge in [-0.2, -0.15) is 13.2 Å². The summed E-state index contributed by atoms with van der Waals surface area (Å²) in [6.07, 6.45) is -3.19. The number of piperidine rings is 1. The van der Waals surface area contributed by atoms with Crippen LogP contribution >= 0.6 is 22.6 Å². The first kappa shape index (κ1) is 17.8. The maximum atomic E-state index is 14.3. The van der Waals surface area contributed by atoms with Crippen molar-refractivity contribution in [3.63, 3.8) is 0 Å². The van der Waals surface area contributed by atoms with Crippen LogP contribution in [0.15, 0.2) is 24.4 Å². The van der Waals surface area contributed by atoms with Crippen LogP contribution in [0.3, 0.4) is 0 Å². The minimum atomic E-state index is -4.28. The molecule has 3 rings (SSSR count). The predicted octanol–water partition coefficient (Wildman–Crippen LogP) is 4.26. The van der Waals surface area contributed by atoms with E-state index >= 15 is 0 Å². The average Bonchev–Trinajstić information content (AvgIpc) is 2.83. The number of nitrogens with one attached hydrogen (secondary N) is 1. The minimum Gasteiger partial charge on any atom is -0.379 e. The molecular formula is C16H18F4IN3. The summed E-state index contributed by atoms with van der Waals surface area (Å²) in [6, 6.07) is 4.90. The Morgan fingerprint density at radius 1 is 1.33 bits per heavy atom. The lowest BCUT2D eigenvalue weighted by Gasteiger charge is -2.33. The summed E-state index contributed by atoms with van der Waals surface area (Å²) in [5, 5.41) is 3.90. The summed E-state index contributed by atoms with van der Waals surface area (Å²) in [7, 11) is 1.88. The Hall–Kier alpha value is -1.03. The van der Waals surface area contributed by atoms with Crippen LogP contribution in [-0.4, -0.2) is 48.0 Å². The molecule has 2 atom stereocenters. The molecule has 2 aromatic rings. The predicted molar refractivity (Wildman–Crippen MR) is 95.1 cm³/mol. The molecule has 0 spiro atoms. The summed E-state index contributed by atoms with van der Waals surface area (Å²) in [4.78, 5) is 1.94.